The van der Waals surface area contributed by atoms with Crippen molar-refractivity contribution in [2.24, 2.45) is 5.92 Å². The molecule has 0 spiro atoms. The summed E-state index contributed by atoms with van der Waals surface area (Å²) in [7, 11) is 0. The number of fused-ring (bicyclic) bond motifs is 2. The predicted octanol–water partition coefficient (Wildman–Crippen LogP) is 2.72. The van der Waals surface area contributed by atoms with Crippen LogP contribution in [0.1, 0.15) is 37.7 Å². The highest BCUT2D eigenvalue weighted by Gasteiger charge is 2.45. The van der Waals surface area contributed by atoms with E-state index >= 15 is 0 Å². The summed E-state index contributed by atoms with van der Waals surface area (Å²) in [5.41, 5.74) is 1.42. The Morgan fingerprint density at radius 1 is 1.08 bits per heavy atom. The molecule has 1 amide bonds. The van der Waals surface area contributed by atoms with Gasteiger partial charge in [-0.05, 0) is 57.2 Å². The summed E-state index contributed by atoms with van der Waals surface area (Å²) in [5, 5.41) is 0. The quantitative estimate of drug-likeness (QED) is 0.825. The van der Waals surface area contributed by atoms with Crippen LogP contribution in [0.2, 0.25) is 0 Å². The van der Waals surface area contributed by atoms with Gasteiger partial charge in [0.1, 0.15) is 0 Å². The molecule has 4 rings (SSSR count). The van der Waals surface area contributed by atoms with E-state index in [-0.39, 0.29) is 12.0 Å². The molecule has 3 fully saturated rings. The smallest absolute Gasteiger partial charge is 0.228 e. The maximum atomic E-state index is 12.9. The van der Waals surface area contributed by atoms with Gasteiger partial charge in [0.2, 0.25) is 5.91 Å². The van der Waals surface area contributed by atoms with Crippen molar-refractivity contribution in [3.63, 3.8) is 0 Å². The fraction of sp³-hybridized carbons (Fsp3) is 0.667. The van der Waals surface area contributed by atoms with E-state index in [9.17, 15) is 4.79 Å². The van der Waals surface area contributed by atoms with Crippen LogP contribution >= 0.6 is 0 Å². The second kappa shape index (κ2) is 7.88. The molecule has 0 unspecified atom stereocenters. The van der Waals surface area contributed by atoms with Gasteiger partial charge in [0.15, 0.2) is 0 Å². The van der Waals surface area contributed by atoms with Crippen LogP contribution in [0.5, 0.6) is 0 Å². The molecule has 2 bridgehead atoms. The van der Waals surface area contributed by atoms with Gasteiger partial charge in [-0.1, -0.05) is 30.3 Å². The molecule has 1 aromatic carbocycles. The molecule has 25 heavy (non-hydrogen) atoms. The molecule has 3 saturated heterocycles. The minimum Gasteiger partial charge on any atom is -0.374 e. The Morgan fingerprint density at radius 3 is 2.72 bits per heavy atom. The molecule has 3 heterocycles. The van der Waals surface area contributed by atoms with E-state index in [0.717, 1.165) is 64.8 Å². The molecule has 4 heteroatoms. The highest BCUT2D eigenvalue weighted by molar-refractivity contribution is 5.80. The molecular formula is C21H30N2O2. The number of amides is 1. The standard InChI is InChI=1S/C21H30N2O2/c24-21(19-16-18-9-10-20(19)25-18)23-13-5-12-22(14-15-23)11-4-8-17-6-2-1-3-7-17/h1-3,6-7,18-20H,4-5,8-16H2/t18-,19-,20-/m1/s1. The molecule has 136 valence electrons. The lowest BCUT2D eigenvalue weighted by atomic mass is 9.88. The maximum absolute atomic E-state index is 12.9. The van der Waals surface area contributed by atoms with Gasteiger partial charge in [0.25, 0.3) is 0 Å². The molecule has 0 saturated carbocycles. The monoisotopic (exact) mass is 342 g/mol. The molecule has 0 aliphatic carbocycles. The van der Waals surface area contributed by atoms with E-state index in [0.29, 0.717) is 12.0 Å². The minimum absolute atomic E-state index is 0.142. The lowest BCUT2D eigenvalue weighted by Gasteiger charge is -2.27. The maximum Gasteiger partial charge on any atom is 0.228 e. The summed E-state index contributed by atoms with van der Waals surface area (Å²) < 4.78 is 5.89. The number of rotatable bonds is 5. The Bertz CT molecular complexity index is 577. The number of benzene rings is 1. The number of hydrogen-bond donors (Lipinski definition) is 0. The van der Waals surface area contributed by atoms with Gasteiger partial charge in [0.05, 0.1) is 18.1 Å². The van der Waals surface area contributed by atoms with Crippen LogP contribution in [0.3, 0.4) is 0 Å². The van der Waals surface area contributed by atoms with Crippen molar-refractivity contribution < 1.29 is 9.53 Å². The normalized spacial score (nSPS) is 29.8. The third-order valence-electron chi connectivity index (χ3n) is 6.11. The topological polar surface area (TPSA) is 32.8 Å². The zero-order chi connectivity index (χ0) is 17.1. The third-order valence-corrected chi connectivity index (χ3v) is 6.11. The molecular weight excluding hydrogens is 312 g/mol. The van der Waals surface area contributed by atoms with Crippen LogP contribution in [-0.2, 0) is 16.0 Å². The predicted molar refractivity (Wildman–Crippen MR) is 98.4 cm³/mol. The molecule has 3 aliphatic rings. The third kappa shape index (κ3) is 4.06. The first kappa shape index (κ1) is 17.0. The van der Waals surface area contributed by atoms with E-state index in [1.165, 1.54) is 12.0 Å². The highest BCUT2D eigenvalue weighted by Crippen LogP contribution is 2.39. The van der Waals surface area contributed by atoms with Crippen LogP contribution in [0.4, 0.5) is 0 Å². The number of nitrogens with zero attached hydrogens (tertiary/aromatic N) is 2. The summed E-state index contributed by atoms with van der Waals surface area (Å²) in [6, 6.07) is 10.7. The van der Waals surface area contributed by atoms with E-state index < -0.39 is 0 Å². The van der Waals surface area contributed by atoms with E-state index in [1.807, 2.05) is 0 Å². The minimum atomic E-state index is 0.142. The van der Waals surface area contributed by atoms with Crippen molar-refractivity contribution in [3.8, 4) is 0 Å². The summed E-state index contributed by atoms with van der Waals surface area (Å²) in [5.74, 6) is 0.502. The van der Waals surface area contributed by atoms with Crippen molar-refractivity contribution >= 4 is 5.91 Å². The summed E-state index contributed by atoms with van der Waals surface area (Å²) in [4.78, 5) is 17.5. The van der Waals surface area contributed by atoms with Gasteiger partial charge in [-0.15, -0.1) is 0 Å². The second-order valence-electron chi connectivity index (χ2n) is 7.83. The zero-order valence-corrected chi connectivity index (χ0v) is 15.1. The first-order valence-corrected chi connectivity index (χ1v) is 10.00. The zero-order valence-electron chi connectivity index (χ0n) is 15.1. The van der Waals surface area contributed by atoms with Gasteiger partial charge in [-0.3, -0.25) is 4.79 Å². The summed E-state index contributed by atoms with van der Waals surface area (Å²) >= 11 is 0. The van der Waals surface area contributed by atoms with Crippen LogP contribution < -0.4 is 0 Å². The molecule has 4 nitrogen and oxygen atoms in total. The van der Waals surface area contributed by atoms with Gasteiger partial charge in [0, 0.05) is 19.6 Å². The Hall–Kier alpha value is -1.39. The molecule has 0 aromatic heterocycles. The molecule has 3 atom stereocenters. The first-order valence-electron chi connectivity index (χ1n) is 10.00. The Balaban J connectivity index is 1.22. The van der Waals surface area contributed by atoms with Gasteiger partial charge < -0.3 is 14.5 Å². The van der Waals surface area contributed by atoms with Crippen LogP contribution in [-0.4, -0.2) is 60.6 Å². The molecule has 3 aliphatic heterocycles. The van der Waals surface area contributed by atoms with Crippen molar-refractivity contribution in [2.45, 2.75) is 50.7 Å². The van der Waals surface area contributed by atoms with Gasteiger partial charge in [-0.2, -0.15) is 0 Å². The van der Waals surface area contributed by atoms with E-state index in [2.05, 4.69) is 40.1 Å². The van der Waals surface area contributed by atoms with E-state index in [4.69, 9.17) is 4.74 Å². The van der Waals surface area contributed by atoms with Gasteiger partial charge >= 0.3 is 0 Å². The Labute approximate surface area is 151 Å². The fourth-order valence-corrected chi connectivity index (χ4v) is 4.70. The van der Waals surface area contributed by atoms with Crippen LogP contribution in [0.15, 0.2) is 30.3 Å². The molecule has 0 N–H and O–H groups in total. The average Bonchev–Trinajstić information content (AvgIpc) is 3.20. The van der Waals surface area contributed by atoms with Gasteiger partial charge in [-0.25, -0.2) is 0 Å². The molecule has 1 aromatic rings. The van der Waals surface area contributed by atoms with Crippen molar-refractivity contribution in [1.82, 2.24) is 9.80 Å². The Morgan fingerprint density at radius 2 is 1.96 bits per heavy atom. The largest absolute Gasteiger partial charge is 0.374 e. The molecule has 0 radical (unpaired) electrons. The SMILES string of the molecule is O=C([C@@H]1C[C@H]2CC[C@H]1O2)N1CCCN(CCCc2ccccc2)CC1. The van der Waals surface area contributed by atoms with Crippen LogP contribution in [0, 0.1) is 5.92 Å². The lowest BCUT2D eigenvalue weighted by molar-refractivity contribution is -0.137. The number of hydrogen-bond acceptors (Lipinski definition) is 3. The number of carbonyl (C=O) groups excluding carboxylic acids is 1. The van der Waals surface area contributed by atoms with Crippen molar-refractivity contribution in [1.29, 1.82) is 0 Å². The number of aryl methyl sites for hydroxylation is 1. The summed E-state index contributed by atoms with van der Waals surface area (Å²) in [6.45, 7) is 5.07. The lowest BCUT2D eigenvalue weighted by Crippen LogP contribution is -2.42. The second-order valence-corrected chi connectivity index (χ2v) is 7.83. The van der Waals surface area contributed by atoms with Crippen molar-refractivity contribution in [3.05, 3.63) is 35.9 Å². The van der Waals surface area contributed by atoms with E-state index in [1.54, 1.807) is 0 Å². The average molecular weight is 342 g/mol. The van der Waals surface area contributed by atoms with Crippen LogP contribution in [0.25, 0.3) is 0 Å². The highest BCUT2D eigenvalue weighted by atomic mass is 16.5. The first-order chi connectivity index (χ1) is 12.3. The number of carbonyl (C=O) groups is 1. The van der Waals surface area contributed by atoms with Crippen molar-refractivity contribution in [2.75, 3.05) is 32.7 Å². The number of ether oxygens (including phenoxy) is 1. The fourth-order valence-electron chi connectivity index (χ4n) is 4.70. The summed E-state index contributed by atoms with van der Waals surface area (Å²) in [6.07, 6.45) is 7.20. The Kier molecular flexibility index (Phi) is 5.37.